The van der Waals surface area contributed by atoms with Gasteiger partial charge in [-0.15, -0.1) is 5.10 Å². The number of hydrogen-bond acceptors (Lipinski definition) is 6. The van der Waals surface area contributed by atoms with Crippen LogP contribution in [0.1, 0.15) is 36.6 Å². The van der Waals surface area contributed by atoms with Crippen LogP contribution in [-0.2, 0) is 21.7 Å². The molecular weight excluding hydrogens is 432 g/mol. The number of allylic oxidation sites excluding steroid dienone is 1. The molecule has 0 saturated carbocycles. The first-order valence-corrected chi connectivity index (χ1v) is 11.4. The van der Waals surface area contributed by atoms with Gasteiger partial charge in [0, 0.05) is 16.5 Å². The van der Waals surface area contributed by atoms with E-state index in [9.17, 15) is 4.79 Å². The van der Waals surface area contributed by atoms with E-state index in [1.807, 2.05) is 43.3 Å². The van der Waals surface area contributed by atoms with Crippen LogP contribution in [0.15, 0.2) is 65.0 Å². The highest BCUT2D eigenvalue weighted by Crippen LogP contribution is 2.37. The fourth-order valence-electron chi connectivity index (χ4n) is 3.57. The second-order valence-electron chi connectivity index (χ2n) is 7.20. The van der Waals surface area contributed by atoms with Crippen LogP contribution in [0.3, 0.4) is 0 Å². The summed E-state index contributed by atoms with van der Waals surface area (Å²) in [5.41, 5.74) is 4.43. The van der Waals surface area contributed by atoms with Crippen molar-refractivity contribution in [3.63, 3.8) is 0 Å². The van der Waals surface area contributed by atoms with Gasteiger partial charge in [-0.3, -0.25) is 0 Å². The lowest BCUT2D eigenvalue weighted by atomic mass is 9.95. The molecule has 0 aliphatic carbocycles. The lowest BCUT2D eigenvalue weighted by Gasteiger charge is -2.27. The van der Waals surface area contributed by atoms with Crippen molar-refractivity contribution in [3.8, 4) is 0 Å². The maximum atomic E-state index is 12.6. The number of benzene rings is 2. The monoisotopic (exact) mass is 454 g/mol. The summed E-state index contributed by atoms with van der Waals surface area (Å²) in [6, 6.07) is 15.5. The predicted molar refractivity (Wildman–Crippen MR) is 123 cm³/mol. The number of methoxy groups -OCH3 is 1. The van der Waals surface area contributed by atoms with E-state index in [0.29, 0.717) is 28.1 Å². The van der Waals surface area contributed by atoms with Crippen molar-refractivity contribution in [2.45, 2.75) is 37.2 Å². The highest BCUT2D eigenvalue weighted by atomic mass is 35.5. The molecule has 1 unspecified atom stereocenters. The number of fused-ring (bicyclic) bond motifs is 1. The van der Waals surface area contributed by atoms with E-state index in [4.69, 9.17) is 21.4 Å². The van der Waals surface area contributed by atoms with Gasteiger partial charge in [0.25, 0.3) is 0 Å². The van der Waals surface area contributed by atoms with Crippen LogP contribution in [0, 0.1) is 0 Å². The molecule has 0 saturated heterocycles. The van der Waals surface area contributed by atoms with Crippen LogP contribution >= 0.6 is 23.4 Å². The van der Waals surface area contributed by atoms with Crippen molar-refractivity contribution in [2.24, 2.45) is 0 Å². The quantitative estimate of drug-likeness (QED) is 0.405. The number of ether oxygens (including phenoxy) is 1. The van der Waals surface area contributed by atoms with Crippen LogP contribution in [0.4, 0.5) is 5.95 Å². The Kier molecular flexibility index (Phi) is 6.34. The zero-order chi connectivity index (χ0) is 22.0. The van der Waals surface area contributed by atoms with Gasteiger partial charge in [0.05, 0.1) is 12.7 Å². The zero-order valence-corrected chi connectivity index (χ0v) is 19.1. The molecule has 0 amide bonds. The number of carbonyl (C=O) groups is 1. The minimum atomic E-state index is -0.420. The highest BCUT2D eigenvalue weighted by molar-refractivity contribution is 7.98. The normalized spacial score (nSPS) is 15.4. The minimum absolute atomic E-state index is 0.388. The van der Waals surface area contributed by atoms with Crippen molar-refractivity contribution >= 4 is 35.3 Å². The Hall–Kier alpha value is -2.77. The number of nitrogens with zero attached hydrogens (tertiary/aromatic N) is 3. The fourth-order valence-corrected chi connectivity index (χ4v) is 4.68. The first kappa shape index (κ1) is 21.5. The van der Waals surface area contributed by atoms with Crippen molar-refractivity contribution < 1.29 is 9.53 Å². The third-order valence-electron chi connectivity index (χ3n) is 5.26. The van der Waals surface area contributed by atoms with E-state index in [1.165, 1.54) is 24.4 Å². The Bertz CT molecular complexity index is 1140. The van der Waals surface area contributed by atoms with Gasteiger partial charge in [0.2, 0.25) is 11.1 Å². The number of nitrogens with one attached hydrogen (secondary N) is 1. The van der Waals surface area contributed by atoms with Crippen molar-refractivity contribution in [2.75, 3.05) is 12.4 Å². The van der Waals surface area contributed by atoms with Crippen molar-refractivity contribution in [1.82, 2.24) is 14.8 Å². The molecule has 4 rings (SSSR count). The average Bonchev–Trinajstić information content (AvgIpc) is 3.19. The molecule has 2 aromatic carbocycles. The van der Waals surface area contributed by atoms with Crippen LogP contribution in [0.25, 0.3) is 0 Å². The third kappa shape index (κ3) is 4.34. The first-order valence-electron chi connectivity index (χ1n) is 9.99. The van der Waals surface area contributed by atoms with Gasteiger partial charge in [0.15, 0.2) is 0 Å². The molecule has 0 bridgehead atoms. The standard InChI is InChI=1S/C23H23ClN4O2S/c1-4-15-9-11-16(12-10-15)20-19(21(29)30-3)14(2)25-22-26-23(27-28(20)22)31-13-17-7-5-6-8-18(17)24/h5-12,20H,4,13H2,1-3H3,(H,25,26,27). The van der Waals surface area contributed by atoms with Gasteiger partial charge in [0.1, 0.15) is 6.04 Å². The number of halogens is 1. The fraction of sp³-hybridized carbons (Fsp3) is 0.261. The van der Waals surface area contributed by atoms with E-state index in [2.05, 4.69) is 29.4 Å². The van der Waals surface area contributed by atoms with Gasteiger partial charge in [-0.05, 0) is 36.1 Å². The van der Waals surface area contributed by atoms with Gasteiger partial charge >= 0.3 is 5.97 Å². The maximum Gasteiger partial charge on any atom is 0.338 e. The van der Waals surface area contributed by atoms with Gasteiger partial charge in [-0.25, -0.2) is 9.48 Å². The Morgan fingerprint density at radius 1 is 1.23 bits per heavy atom. The Morgan fingerprint density at radius 2 is 1.97 bits per heavy atom. The third-order valence-corrected chi connectivity index (χ3v) is 6.51. The molecule has 1 atom stereocenters. The molecule has 1 aliphatic rings. The van der Waals surface area contributed by atoms with E-state index in [-0.39, 0.29) is 5.97 Å². The molecule has 1 aliphatic heterocycles. The van der Waals surface area contributed by atoms with Crippen LogP contribution < -0.4 is 5.32 Å². The maximum absolute atomic E-state index is 12.6. The molecular formula is C23H23ClN4O2S. The van der Waals surface area contributed by atoms with E-state index in [1.54, 1.807) is 4.68 Å². The summed E-state index contributed by atoms with van der Waals surface area (Å²) in [6.07, 6.45) is 0.947. The summed E-state index contributed by atoms with van der Waals surface area (Å²) < 4.78 is 6.84. The van der Waals surface area contributed by atoms with Crippen LogP contribution in [-0.4, -0.2) is 27.8 Å². The largest absolute Gasteiger partial charge is 0.466 e. The number of aromatic nitrogens is 3. The van der Waals surface area contributed by atoms with Crippen molar-refractivity contribution in [1.29, 1.82) is 0 Å². The number of hydrogen-bond donors (Lipinski definition) is 1. The number of aryl methyl sites for hydroxylation is 1. The second-order valence-corrected chi connectivity index (χ2v) is 8.55. The smallest absolute Gasteiger partial charge is 0.338 e. The lowest BCUT2D eigenvalue weighted by molar-refractivity contribution is -0.136. The number of thioether (sulfide) groups is 1. The summed E-state index contributed by atoms with van der Waals surface area (Å²) in [7, 11) is 1.39. The molecule has 160 valence electrons. The minimum Gasteiger partial charge on any atom is -0.466 e. The van der Waals surface area contributed by atoms with E-state index in [0.717, 1.165) is 22.6 Å². The molecule has 8 heteroatoms. The molecule has 1 aromatic heterocycles. The molecule has 0 spiro atoms. The van der Waals surface area contributed by atoms with Gasteiger partial charge in [-0.1, -0.05) is 72.8 Å². The summed E-state index contributed by atoms with van der Waals surface area (Å²) in [5, 5.41) is 9.25. The van der Waals surface area contributed by atoms with Gasteiger partial charge in [-0.2, -0.15) is 4.98 Å². The molecule has 6 nitrogen and oxygen atoms in total. The molecule has 1 N–H and O–H groups in total. The van der Waals surface area contributed by atoms with Crippen LogP contribution in [0.5, 0.6) is 0 Å². The Morgan fingerprint density at radius 3 is 2.65 bits per heavy atom. The topological polar surface area (TPSA) is 69.0 Å². The zero-order valence-electron chi connectivity index (χ0n) is 17.6. The van der Waals surface area contributed by atoms with Crippen molar-refractivity contribution in [3.05, 3.63) is 81.5 Å². The second kappa shape index (κ2) is 9.16. The summed E-state index contributed by atoms with van der Waals surface area (Å²) in [6.45, 7) is 3.97. The van der Waals surface area contributed by atoms with E-state index >= 15 is 0 Å². The summed E-state index contributed by atoms with van der Waals surface area (Å²) >= 11 is 7.78. The SMILES string of the molecule is CCc1ccc(C2C(C(=O)OC)=C(C)Nc3nc(SCc4ccccc4Cl)nn32)cc1. The van der Waals surface area contributed by atoms with Gasteiger partial charge < -0.3 is 10.1 Å². The summed E-state index contributed by atoms with van der Waals surface area (Å²) in [4.78, 5) is 17.3. The summed E-state index contributed by atoms with van der Waals surface area (Å²) in [5.74, 6) is 0.854. The lowest BCUT2D eigenvalue weighted by Crippen LogP contribution is -2.29. The molecule has 0 radical (unpaired) electrons. The number of rotatable bonds is 6. The number of carbonyl (C=O) groups excluding carboxylic acids is 1. The molecule has 2 heterocycles. The molecule has 3 aromatic rings. The predicted octanol–water partition coefficient (Wildman–Crippen LogP) is 5.25. The highest BCUT2D eigenvalue weighted by Gasteiger charge is 2.34. The first-order chi connectivity index (χ1) is 15.0. The number of esters is 1. The number of anilines is 1. The Labute approximate surface area is 190 Å². The van der Waals surface area contributed by atoms with E-state index < -0.39 is 6.04 Å². The molecule has 31 heavy (non-hydrogen) atoms. The Balaban J connectivity index is 1.70. The van der Waals surface area contributed by atoms with Crippen LogP contribution in [0.2, 0.25) is 5.02 Å². The molecule has 0 fully saturated rings. The average molecular weight is 455 g/mol.